The number of aliphatic hydroxyl groups is 1. The van der Waals surface area contributed by atoms with Gasteiger partial charge in [-0.2, -0.15) is 0 Å². The summed E-state index contributed by atoms with van der Waals surface area (Å²) >= 11 is 0. The van der Waals surface area contributed by atoms with E-state index in [1.54, 1.807) is 66.7 Å². The first-order valence-corrected chi connectivity index (χ1v) is 10.9. The number of carbonyl (C=O) groups excluding carboxylic acids is 3. The van der Waals surface area contributed by atoms with Gasteiger partial charge in [0.1, 0.15) is 16.9 Å². The molecule has 0 saturated carbocycles. The number of ether oxygens (including phenoxy) is 3. The number of aromatic nitrogens is 2. The van der Waals surface area contributed by atoms with Gasteiger partial charge in [0.15, 0.2) is 0 Å². The third kappa shape index (κ3) is 12.9. The van der Waals surface area contributed by atoms with Gasteiger partial charge in [-0.1, -0.05) is 0 Å². The van der Waals surface area contributed by atoms with Crippen molar-refractivity contribution in [2.45, 2.75) is 66.3 Å². The molecule has 0 radical (unpaired) electrons. The molecule has 2 aromatic heterocycles. The number of esters is 1. The van der Waals surface area contributed by atoms with Gasteiger partial charge in [0.25, 0.3) is 0 Å². The number of anilines is 2. The Kier molecular flexibility index (Phi) is 11.1. The molecule has 0 fully saturated rings. The number of amides is 2. The van der Waals surface area contributed by atoms with Crippen molar-refractivity contribution in [2.24, 2.45) is 0 Å². The van der Waals surface area contributed by atoms with Gasteiger partial charge in [-0.25, -0.2) is 19.4 Å². The zero-order valence-electron chi connectivity index (χ0n) is 21.2. The molecule has 2 heterocycles. The molecule has 192 valence electrons. The van der Waals surface area contributed by atoms with E-state index < -0.39 is 29.4 Å². The molecular formula is C24H34N4O7. The number of hydrogen-bond donors (Lipinski definition) is 3. The Morgan fingerprint density at radius 1 is 0.829 bits per heavy atom. The van der Waals surface area contributed by atoms with E-state index in [0.29, 0.717) is 23.7 Å². The van der Waals surface area contributed by atoms with Crippen molar-refractivity contribution in [1.29, 1.82) is 0 Å². The van der Waals surface area contributed by atoms with Crippen LogP contribution in [-0.2, 0) is 20.8 Å². The second-order valence-corrected chi connectivity index (χ2v) is 9.10. The lowest BCUT2D eigenvalue weighted by Gasteiger charge is -2.19. The Bertz CT molecular complexity index is 963. The number of nitrogens with one attached hydrogen (secondary N) is 2. The van der Waals surface area contributed by atoms with Crippen molar-refractivity contribution in [3.05, 3.63) is 48.0 Å². The molecule has 0 spiro atoms. The lowest BCUT2D eigenvalue weighted by Crippen LogP contribution is -2.27. The van der Waals surface area contributed by atoms with E-state index in [-0.39, 0.29) is 12.3 Å². The van der Waals surface area contributed by atoms with E-state index in [2.05, 4.69) is 20.6 Å². The van der Waals surface area contributed by atoms with Crippen molar-refractivity contribution in [3.8, 4) is 0 Å². The van der Waals surface area contributed by atoms with Crippen molar-refractivity contribution >= 4 is 29.5 Å². The average Bonchev–Trinajstić information content (AvgIpc) is 2.72. The lowest BCUT2D eigenvalue weighted by molar-refractivity contribution is 0.0518. The first-order valence-electron chi connectivity index (χ1n) is 10.9. The summed E-state index contributed by atoms with van der Waals surface area (Å²) < 4.78 is 15.0. The van der Waals surface area contributed by atoms with Crippen molar-refractivity contribution in [2.75, 3.05) is 17.2 Å². The molecular weight excluding hydrogens is 456 g/mol. The van der Waals surface area contributed by atoms with E-state index in [1.165, 1.54) is 18.5 Å². The molecule has 0 aliphatic rings. The summed E-state index contributed by atoms with van der Waals surface area (Å²) in [7, 11) is 0. The Morgan fingerprint density at radius 2 is 1.31 bits per heavy atom. The van der Waals surface area contributed by atoms with Crippen LogP contribution in [0.5, 0.6) is 0 Å². The first kappa shape index (κ1) is 29.3. The monoisotopic (exact) mass is 490 g/mol. The highest BCUT2D eigenvalue weighted by Gasteiger charge is 2.17. The predicted molar refractivity (Wildman–Crippen MR) is 130 cm³/mol. The van der Waals surface area contributed by atoms with E-state index in [1.807, 2.05) is 0 Å². The van der Waals surface area contributed by atoms with E-state index in [4.69, 9.17) is 19.3 Å². The molecule has 0 aliphatic carbocycles. The highest BCUT2D eigenvalue weighted by atomic mass is 16.6. The number of pyridine rings is 2. The number of nitrogens with zero attached hydrogens (tertiary/aromatic N) is 2. The van der Waals surface area contributed by atoms with Crippen LogP contribution >= 0.6 is 0 Å². The quantitative estimate of drug-likeness (QED) is 0.406. The van der Waals surface area contributed by atoms with Crippen LogP contribution in [0.3, 0.4) is 0 Å². The van der Waals surface area contributed by atoms with Crippen molar-refractivity contribution in [3.63, 3.8) is 0 Å². The minimum Gasteiger partial charge on any atom is -0.461 e. The minimum atomic E-state index is -0.571. The molecule has 11 nitrogen and oxygen atoms in total. The summed E-state index contributed by atoms with van der Waals surface area (Å²) in [5.41, 5.74) is 0.630. The van der Waals surface area contributed by atoms with Gasteiger partial charge < -0.3 is 19.3 Å². The minimum absolute atomic E-state index is 0.118. The molecule has 0 aromatic carbocycles. The average molecular weight is 491 g/mol. The second kappa shape index (κ2) is 13.2. The maximum Gasteiger partial charge on any atom is 0.412 e. The maximum atomic E-state index is 11.5. The molecule has 0 atom stereocenters. The molecule has 0 aliphatic heterocycles. The summed E-state index contributed by atoms with van der Waals surface area (Å²) in [6.45, 7) is 12.6. The van der Waals surface area contributed by atoms with Crippen molar-refractivity contribution in [1.82, 2.24) is 9.97 Å². The fourth-order valence-electron chi connectivity index (χ4n) is 2.23. The SMILES string of the molecule is CC(C)(C)OC(=O)Nc1ccc(CO)nc1.CCOC(=O)c1ccc(NC(=O)OC(C)(C)C)cn1. The number of aliphatic hydroxyl groups excluding tert-OH is 1. The summed E-state index contributed by atoms with van der Waals surface area (Å²) in [6.07, 6.45) is 1.75. The van der Waals surface area contributed by atoms with Gasteiger partial charge in [-0.3, -0.25) is 15.6 Å². The number of hydrogen-bond acceptors (Lipinski definition) is 9. The third-order valence-electron chi connectivity index (χ3n) is 3.53. The number of carbonyl (C=O) groups is 3. The predicted octanol–water partition coefficient (Wildman–Crippen LogP) is 4.53. The summed E-state index contributed by atoms with van der Waals surface area (Å²) in [4.78, 5) is 42.1. The highest BCUT2D eigenvalue weighted by molar-refractivity contribution is 5.89. The lowest BCUT2D eigenvalue weighted by atomic mass is 10.2. The fraction of sp³-hybridized carbons (Fsp3) is 0.458. The molecule has 0 bridgehead atoms. The Balaban J connectivity index is 0.000000355. The second-order valence-electron chi connectivity index (χ2n) is 9.10. The summed E-state index contributed by atoms with van der Waals surface area (Å²) in [5.74, 6) is -0.494. The zero-order chi connectivity index (χ0) is 26.6. The van der Waals surface area contributed by atoms with Gasteiger partial charge in [0.2, 0.25) is 0 Å². The molecule has 3 N–H and O–H groups in total. The summed E-state index contributed by atoms with van der Waals surface area (Å²) in [6, 6.07) is 6.32. The molecule has 11 heteroatoms. The van der Waals surface area contributed by atoms with Gasteiger partial charge >= 0.3 is 18.2 Å². The van der Waals surface area contributed by atoms with E-state index in [9.17, 15) is 14.4 Å². The first-order chi connectivity index (χ1) is 16.2. The smallest absolute Gasteiger partial charge is 0.412 e. The molecule has 2 rings (SSSR count). The Morgan fingerprint density at radius 3 is 1.66 bits per heavy atom. The van der Waals surface area contributed by atoms with E-state index in [0.717, 1.165) is 0 Å². The van der Waals surface area contributed by atoms with Crippen LogP contribution in [0.1, 0.15) is 64.6 Å². The third-order valence-corrected chi connectivity index (χ3v) is 3.53. The van der Waals surface area contributed by atoms with Crippen LogP contribution in [0.2, 0.25) is 0 Å². The van der Waals surface area contributed by atoms with Crippen molar-refractivity contribution < 1.29 is 33.7 Å². The molecule has 2 amide bonds. The Hall–Kier alpha value is -3.73. The van der Waals surface area contributed by atoms with Gasteiger partial charge in [0.05, 0.1) is 42.7 Å². The van der Waals surface area contributed by atoms with E-state index >= 15 is 0 Å². The van der Waals surface area contributed by atoms with Gasteiger partial charge in [0, 0.05) is 0 Å². The molecule has 2 aromatic rings. The van der Waals surface area contributed by atoms with Crippen LogP contribution in [0.25, 0.3) is 0 Å². The van der Waals surface area contributed by atoms with Crippen LogP contribution in [0.15, 0.2) is 36.7 Å². The van der Waals surface area contributed by atoms with Gasteiger partial charge in [-0.05, 0) is 72.7 Å². The van der Waals surface area contributed by atoms with Crippen LogP contribution in [0, 0.1) is 0 Å². The standard InChI is InChI=1S/C13H18N2O4.C11H16N2O3/c1-5-18-11(16)10-7-6-9(8-14-10)15-12(17)19-13(2,3)4;1-11(2,3)16-10(15)13-8-4-5-9(7-14)12-6-8/h6-8H,5H2,1-4H3,(H,15,17);4-6,14H,7H2,1-3H3,(H,13,15). The number of rotatable bonds is 5. The largest absolute Gasteiger partial charge is 0.461 e. The normalized spacial score (nSPS) is 10.9. The summed E-state index contributed by atoms with van der Waals surface area (Å²) in [5, 5.41) is 13.9. The van der Waals surface area contributed by atoms with Crippen LogP contribution < -0.4 is 10.6 Å². The van der Waals surface area contributed by atoms with Gasteiger partial charge in [-0.15, -0.1) is 0 Å². The Labute approximate surface area is 205 Å². The molecule has 0 unspecified atom stereocenters. The molecule has 0 saturated heterocycles. The molecule has 35 heavy (non-hydrogen) atoms. The zero-order valence-corrected chi connectivity index (χ0v) is 21.2. The highest BCUT2D eigenvalue weighted by Crippen LogP contribution is 2.12. The fourth-order valence-corrected chi connectivity index (χ4v) is 2.23. The van der Waals surface area contributed by atoms with Crippen LogP contribution in [-0.4, -0.2) is 51.0 Å². The maximum absolute atomic E-state index is 11.5. The topological polar surface area (TPSA) is 149 Å². The van der Waals surface area contributed by atoms with Crippen LogP contribution in [0.4, 0.5) is 21.0 Å².